The number of rotatable bonds is 4. The highest BCUT2D eigenvalue weighted by molar-refractivity contribution is 5.95. The van der Waals surface area contributed by atoms with Crippen LogP contribution in [0.15, 0.2) is 11.5 Å². The average Bonchev–Trinajstić information content (AvgIpc) is 2.28. The van der Waals surface area contributed by atoms with Crippen molar-refractivity contribution in [3.05, 3.63) is 11.5 Å². The molecule has 0 aromatic rings. The molecule has 0 aliphatic heterocycles. The van der Waals surface area contributed by atoms with E-state index >= 15 is 0 Å². The monoisotopic (exact) mass is 230 g/mol. The van der Waals surface area contributed by atoms with Gasteiger partial charge in [0.25, 0.3) is 0 Å². The van der Waals surface area contributed by atoms with Gasteiger partial charge in [-0.3, -0.25) is 4.79 Å². The number of hydrogen-bond acceptors (Lipinski definition) is 5. The lowest BCUT2D eigenvalue weighted by Gasteiger charge is -2.40. The van der Waals surface area contributed by atoms with Crippen LogP contribution in [0, 0.1) is 5.92 Å². The predicted octanol–water partition coefficient (Wildman–Crippen LogP) is 1.09. The van der Waals surface area contributed by atoms with Crippen molar-refractivity contribution in [1.29, 1.82) is 0 Å². The van der Waals surface area contributed by atoms with Crippen molar-refractivity contribution in [2.24, 2.45) is 5.92 Å². The largest absolute Gasteiger partial charge is 0.492 e. The molecule has 0 fully saturated rings. The van der Waals surface area contributed by atoms with Crippen molar-refractivity contribution in [1.82, 2.24) is 0 Å². The molecule has 92 valence electrons. The first-order valence-corrected chi connectivity index (χ1v) is 5.03. The van der Waals surface area contributed by atoms with Crippen molar-refractivity contribution >= 4 is 5.78 Å². The fourth-order valence-corrected chi connectivity index (χ4v) is 2.13. The maximum Gasteiger partial charge on any atom is 0.234 e. The molecule has 0 amide bonds. The first kappa shape index (κ1) is 13.0. The zero-order chi connectivity index (χ0) is 12.3. The summed E-state index contributed by atoms with van der Waals surface area (Å²) in [5, 5.41) is 0. The maximum atomic E-state index is 11.8. The van der Waals surface area contributed by atoms with E-state index in [4.69, 9.17) is 18.9 Å². The van der Waals surface area contributed by atoms with E-state index in [0.29, 0.717) is 12.2 Å². The van der Waals surface area contributed by atoms with Crippen LogP contribution < -0.4 is 0 Å². The second-order valence-corrected chi connectivity index (χ2v) is 3.67. The second kappa shape index (κ2) is 4.84. The minimum atomic E-state index is -1.05. The van der Waals surface area contributed by atoms with Crippen molar-refractivity contribution in [2.75, 3.05) is 28.4 Å². The zero-order valence-corrected chi connectivity index (χ0v) is 10.3. The van der Waals surface area contributed by atoms with E-state index in [1.807, 2.05) is 6.92 Å². The van der Waals surface area contributed by atoms with Crippen LogP contribution in [0.3, 0.4) is 0 Å². The molecule has 1 rings (SSSR count). The Balaban J connectivity index is 3.34. The summed E-state index contributed by atoms with van der Waals surface area (Å²) in [6.07, 6.45) is 0.303. The quantitative estimate of drug-likeness (QED) is 0.677. The number of carbonyl (C=O) groups is 1. The molecule has 1 aliphatic rings. The van der Waals surface area contributed by atoms with Crippen LogP contribution in [0.1, 0.15) is 13.3 Å². The predicted molar refractivity (Wildman–Crippen MR) is 56.6 cm³/mol. The lowest BCUT2D eigenvalue weighted by molar-refractivity contribution is -0.236. The van der Waals surface area contributed by atoms with Crippen molar-refractivity contribution < 1.29 is 23.7 Å². The van der Waals surface area contributed by atoms with E-state index < -0.39 is 5.79 Å². The zero-order valence-electron chi connectivity index (χ0n) is 10.3. The highest BCUT2D eigenvalue weighted by Crippen LogP contribution is 2.40. The van der Waals surface area contributed by atoms with Gasteiger partial charge in [-0.05, 0) is 0 Å². The number of hydrogen-bond donors (Lipinski definition) is 0. The molecule has 0 aromatic heterocycles. The van der Waals surface area contributed by atoms with Gasteiger partial charge < -0.3 is 18.9 Å². The van der Waals surface area contributed by atoms with Gasteiger partial charge in [0.15, 0.2) is 0 Å². The van der Waals surface area contributed by atoms with Gasteiger partial charge in [0.1, 0.15) is 0 Å². The summed E-state index contributed by atoms with van der Waals surface area (Å²) in [6.45, 7) is 1.87. The Kier molecular flexibility index (Phi) is 3.93. The van der Waals surface area contributed by atoms with Crippen LogP contribution >= 0.6 is 0 Å². The summed E-state index contributed by atoms with van der Waals surface area (Å²) < 4.78 is 21.0. The van der Waals surface area contributed by atoms with Crippen molar-refractivity contribution in [3.8, 4) is 0 Å². The standard InChI is InChI=1S/C11H18O5/c1-7-6-8(12)9(13-2)10(14-3)11(7,15-4)16-5/h7H,6H2,1-5H3. The van der Waals surface area contributed by atoms with Gasteiger partial charge in [0.2, 0.25) is 23.1 Å². The first-order valence-electron chi connectivity index (χ1n) is 5.03. The van der Waals surface area contributed by atoms with E-state index in [-0.39, 0.29) is 17.5 Å². The summed E-state index contributed by atoms with van der Waals surface area (Å²) in [4.78, 5) is 11.8. The summed E-state index contributed by atoms with van der Waals surface area (Å²) in [5.41, 5.74) is 0. The maximum absolute atomic E-state index is 11.8. The third-order valence-corrected chi connectivity index (χ3v) is 2.93. The lowest BCUT2D eigenvalue weighted by atomic mass is 9.86. The molecule has 1 unspecified atom stereocenters. The number of ether oxygens (including phenoxy) is 4. The van der Waals surface area contributed by atoms with E-state index in [9.17, 15) is 4.79 Å². The SMILES string of the molecule is COC1=C(OC)C(OC)(OC)C(C)CC1=O. The van der Waals surface area contributed by atoms with Gasteiger partial charge in [-0.15, -0.1) is 0 Å². The normalized spacial score (nSPS) is 24.6. The third kappa shape index (κ3) is 1.70. The molecule has 0 aromatic carbocycles. The Bertz CT molecular complexity index is 303. The molecule has 0 radical (unpaired) electrons. The number of carbonyl (C=O) groups excluding carboxylic acids is 1. The van der Waals surface area contributed by atoms with Gasteiger partial charge in [0, 0.05) is 26.6 Å². The molecular weight excluding hydrogens is 212 g/mol. The van der Waals surface area contributed by atoms with Crippen LogP contribution in [0.25, 0.3) is 0 Å². The van der Waals surface area contributed by atoms with E-state index in [1.54, 1.807) is 0 Å². The third-order valence-electron chi connectivity index (χ3n) is 2.93. The molecule has 16 heavy (non-hydrogen) atoms. The minimum Gasteiger partial charge on any atom is -0.492 e. The van der Waals surface area contributed by atoms with Gasteiger partial charge in [0.05, 0.1) is 14.2 Å². The van der Waals surface area contributed by atoms with Crippen molar-refractivity contribution in [3.63, 3.8) is 0 Å². The fourth-order valence-electron chi connectivity index (χ4n) is 2.13. The molecule has 1 atom stereocenters. The average molecular weight is 230 g/mol. The molecule has 0 bridgehead atoms. The Morgan fingerprint density at radius 3 is 2.06 bits per heavy atom. The molecule has 0 saturated carbocycles. The van der Waals surface area contributed by atoms with Gasteiger partial charge in [-0.2, -0.15) is 0 Å². The van der Waals surface area contributed by atoms with Gasteiger partial charge in [-0.25, -0.2) is 0 Å². The summed E-state index contributed by atoms with van der Waals surface area (Å²) in [7, 11) is 5.93. The molecule has 0 saturated heterocycles. The summed E-state index contributed by atoms with van der Waals surface area (Å²) >= 11 is 0. The smallest absolute Gasteiger partial charge is 0.234 e. The number of Topliss-reactive ketones (excluding diaryl/α,β-unsaturated/α-hetero) is 1. The first-order chi connectivity index (χ1) is 7.57. The van der Waals surface area contributed by atoms with Crippen LogP contribution in [0.5, 0.6) is 0 Å². The van der Waals surface area contributed by atoms with Crippen LogP contribution in [0.2, 0.25) is 0 Å². The van der Waals surface area contributed by atoms with Crippen molar-refractivity contribution in [2.45, 2.75) is 19.1 Å². The van der Waals surface area contributed by atoms with Crippen LogP contribution in [0.4, 0.5) is 0 Å². The van der Waals surface area contributed by atoms with E-state index in [0.717, 1.165) is 0 Å². The minimum absolute atomic E-state index is 0.100. The topological polar surface area (TPSA) is 54.0 Å². The molecule has 5 nitrogen and oxygen atoms in total. The van der Waals surface area contributed by atoms with Gasteiger partial charge in [-0.1, -0.05) is 6.92 Å². The summed E-state index contributed by atoms with van der Waals surface area (Å²) in [5.74, 6) is -0.818. The molecule has 0 heterocycles. The fraction of sp³-hybridized carbons (Fsp3) is 0.727. The summed E-state index contributed by atoms with van der Waals surface area (Å²) in [6, 6.07) is 0. The molecule has 5 heteroatoms. The van der Waals surface area contributed by atoms with E-state index in [1.165, 1.54) is 28.4 Å². The van der Waals surface area contributed by atoms with Crippen LogP contribution in [-0.2, 0) is 23.7 Å². The van der Waals surface area contributed by atoms with Crippen LogP contribution in [-0.4, -0.2) is 40.0 Å². The second-order valence-electron chi connectivity index (χ2n) is 3.67. The highest BCUT2D eigenvalue weighted by Gasteiger charge is 2.50. The molecule has 0 spiro atoms. The molecular formula is C11H18O5. The Labute approximate surface area is 95.3 Å². The highest BCUT2D eigenvalue weighted by atomic mass is 16.7. The molecule has 1 aliphatic carbocycles. The number of methoxy groups -OCH3 is 4. The Morgan fingerprint density at radius 2 is 1.69 bits per heavy atom. The molecule has 0 N–H and O–H groups in total. The number of allylic oxidation sites excluding steroid dienone is 1. The Morgan fingerprint density at radius 1 is 1.12 bits per heavy atom. The van der Waals surface area contributed by atoms with E-state index in [2.05, 4.69) is 0 Å². The Hall–Kier alpha value is -1.07. The lowest BCUT2D eigenvalue weighted by Crippen LogP contribution is -2.48. The van der Waals surface area contributed by atoms with Gasteiger partial charge >= 0.3 is 0 Å². The number of ketones is 1.